The molecule has 41 heavy (non-hydrogen) atoms. The monoisotopic (exact) mass is 581 g/mol. The average molecular weight is 582 g/mol. The first-order valence-corrected chi connectivity index (χ1v) is 14.0. The van der Waals surface area contributed by atoms with Crippen molar-refractivity contribution in [2.45, 2.75) is 30.6 Å². The first-order valence-electron chi connectivity index (χ1n) is 12.8. The van der Waals surface area contributed by atoms with Gasteiger partial charge >= 0.3 is 0 Å². The molecule has 1 aliphatic heterocycles. The van der Waals surface area contributed by atoms with Crippen LogP contribution in [0, 0.1) is 0 Å². The van der Waals surface area contributed by atoms with Gasteiger partial charge in [0.2, 0.25) is 0 Å². The summed E-state index contributed by atoms with van der Waals surface area (Å²) in [6.07, 6.45) is 2.08. The third kappa shape index (κ3) is 6.22. The first-order chi connectivity index (χ1) is 20.1. The molecule has 0 bridgehead atoms. The number of hydrogen-bond donors (Lipinski definition) is 2. The minimum atomic E-state index is -0.526. The van der Waals surface area contributed by atoms with Crippen molar-refractivity contribution in [2.75, 3.05) is 39.2 Å². The van der Waals surface area contributed by atoms with E-state index in [1.54, 1.807) is 68.3 Å². The molecule has 2 aromatic heterocycles. The van der Waals surface area contributed by atoms with Gasteiger partial charge in [-0.3, -0.25) is 9.36 Å². The molecule has 1 saturated heterocycles. The summed E-state index contributed by atoms with van der Waals surface area (Å²) in [6.45, 7) is -0.202. The van der Waals surface area contributed by atoms with Crippen LogP contribution in [0.4, 0.5) is 5.82 Å². The van der Waals surface area contributed by atoms with Crippen LogP contribution in [0.25, 0.3) is 11.2 Å². The standard InChI is InChI=1S/C28H31N5O7S/c1-36-18-9-20(37-2)19(21(10-18)38-3)13-41-16-39-22-11-24(40-23(22)12-34)33-15-31-25-26(29-14-30-27(25)33)32-28(35)17-7-5-4-6-8-17/h4-10,14-15,22-24,34H,11-13,16H2,1-3H3,(H,29,30,32,35). The van der Waals surface area contributed by atoms with Gasteiger partial charge in [-0.2, -0.15) is 0 Å². The van der Waals surface area contributed by atoms with E-state index < -0.39 is 12.3 Å². The number of aliphatic hydroxyl groups excluding tert-OH is 1. The molecule has 1 aliphatic rings. The lowest BCUT2D eigenvalue weighted by Crippen LogP contribution is -2.27. The molecule has 1 amide bonds. The van der Waals surface area contributed by atoms with Crippen LogP contribution in [-0.4, -0.2) is 76.6 Å². The maximum Gasteiger partial charge on any atom is 0.256 e. The van der Waals surface area contributed by atoms with Crippen molar-refractivity contribution in [1.82, 2.24) is 19.5 Å². The summed E-state index contributed by atoms with van der Waals surface area (Å²) in [7, 11) is 4.80. The number of methoxy groups -OCH3 is 3. The quantitative estimate of drug-likeness (QED) is 0.187. The minimum Gasteiger partial charge on any atom is -0.496 e. The van der Waals surface area contributed by atoms with Crippen LogP contribution >= 0.6 is 11.8 Å². The predicted molar refractivity (Wildman–Crippen MR) is 152 cm³/mol. The summed E-state index contributed by atoms with van der Waals surface area (Å²) in [4.78, 5) is 25.7. The predicted octanol–water partition coefficient (Wildman–Crippen LogP) is 3.66. The molecule has 0 saturated carbocycles. The van der Waals surface area contributed by atoms with Gasteiger partial charge in [0.15, 0.2) is 17.0 Å². The van der Waals surface area contributed by atoms with E-state index in [1.165, 1.54) is 6.33 Å². The van der Waals surface area contributed by atoms with E-state index in [0.29, 0.717) is 57.9 Å². The third-order valence-corrected chi connectivity index (χ3v) is 7.52. The number of hydrogen-bond acceptors (Lipinski definition) is 11. The number of ether oxygens (including phenoxy) is 5. The Kier molecular flexibility index (Phi) is 9.19. The zero-order valence-corrected chi connectivity index (χ0v) is 23.7. The average Bonchev–Trinajstić information content (AvgIpc) is 3.64. The number of amides is 1. The summed E-state index contributed by atoms with van der Waals surface area (Å²) in [6, 6.07) is 12.5. The van der Waals surface area contributed by atoms with Gasteiger partial charge in [-0.15, -0.1) is 11.8 Å². The number of imidazole rings is 1. The minimum absolute atomic E-state index is 0.202. The number of nitrogens with one attached hydrogen (secondary N) is 1. The van der Waals surface area contributed by atoms with E-state index in [0.717, 1.165) is 5.56 Å². The van der Waals surface area contributed by atoms with Crippen LogP contribution in [0.3, 0.4) is 0 Å². The molecule has 13 heteroatoms. The summed E-state index contributed by atoms with van der Waals surface area (Å²) in [5.74, 6) is 2.92. The Morgan fingerprint density at radius 1 is 1.10 bits per heavy atom. The highest BCUT2D eigenvalue weighted by atomic mass is 32.2. The molecule has 2 aromatic carbocycles. The third-order valence-electron chi connectivity index (χ3n) is 6.73. The lowest BCUT2D eigenvalue weighted by molar-refractivity contribution is -0.0533. The number of rotatable bonds is 12. The van der Waals surface area contributed by atoms with E-state index in [4.69, 9.17) is 23.7 Å². The van der Waals surface area contributed by atoms with Crippen molar-refractivity contribution in [3.63, 3.8) is 0 Å². The molecule has 0 spiro atoms. The summed E-state index contributed by atoms with van der Waals surface area (Å²) < 4.78 is 30.4. The molecule has 3 unspecified atom stereocenters. The van der Waals surface area contributed by atoms with Crippen molar-refractivity contribution >= 4 is 34.7 Å². The molecule has 0 aliphatic carbocycles. The van der Waals surface area contributed by atoms with Crippen LogP contribution in [-0.2, 0) is 15.2 Å². The number of thioether (sulfide) groups is 1. The number of anilines is 1. The molecule has 2 N–H and O–H groups in total. The molecular weight excluding hydrogens is 550 g/mol. The Balaban J connectivity index is 1.23. The van der Waals surface area contributed by atoms with Crippen molar-refractivity contribution in [1.29, 1.82) is 0 Å². The number of aromatic nitrogens is 4. The number of aliphatic hydroxyl groups is 1. The Morgan fingerprint density at radius 3 is 2.54 bits per heavy atom. The van der Waals surface area contributed by atoms with E-state index in [1.807, 2.05) is 18.2 Å². The van der Waals surface area contributed by atoms with E-state index in [9.17, 15) is 9.90 Å². The summed E-state index contributed by atoms with van der Waals surface area (Å²) >= 11 is 1.55. The smallest absolute Gasteiger partial charge is 0.256 e. The lowest BCUT2D eigenvalue weighted by Gasteiger charge is -2.17. The van der Waals surface area contributed by atoms with E-state index >= 15 is 0 Å². The highest BCUT2D eigenvalue weighted by Gasteiger charge is 2.37. The normalized spacial score (nSPS) is 18.4. The number of carbonyl (C=O) groups excluding carboxylic acids is 1. The second kappa shape index (κ2) is 13.2. The van der Waals surface area contributed by atoms with Gasteiger partial charge in [0, 0.05) is 35.4 Å². The largest absolute Gasteiger partial charge is 0.496 e. The Labute approximate surface area is 241 Å². The van der Waals surface area contributed by atoms with Gasteiger partial charge in [0.1, 0.15) is 35.9 Å². The maximum absolute atomic E-state index is 12.7. The van der Waals surface area contributed by atoms with Crippen molar-refractivity contribution < 1.29 is 33.6 Å². The van der Waals surface area contributed by atoms with Crippen LogP contribution < -0.4 is 19.5 Å². The van der Waals surface area contributed by atoms with Gasteiger partial charge < -0.3 is 34.1 Å². The maximum atomic E-state index is 12.7. The summed E-state index contributed by atoms with van der Waals surface area (Å²) in [5, 5.41) is 12.8. The first kappa shape index (κ1) is 28.6. The Bertz CT molecular complexity index is 1460. The topological polar surface area (TPSA) is 139 Å². The van der Waals surface area contributed by atoms with Crippen LogP contribution in [0.5, 0.6) is 17.2 Å². The zero-order valence-electron chi connectivity index (χ0n) is 22.9. The molecule has 5 rings (SSSR count). The molecule has 12 nitrogen and oxygen atoms in total. The molecule has 3 atom stereocenters. The number of carbonyl (C=O) groups is 1. The van der Waals surface area contributed by atoms with Gasteiger partial charge in [-0.25, -0.2) is 15.0 Å². The van der Waals surface area contributed by atoms with E-state index in [2.05, 4.69) is 20.3 Å². The van der Waals surface area contributed by atoms with Crippen molar-refractivity contribution in [2.24, 2.45) is 0 Å². The molecule has 0 radical (unpaired) electrons. The molecule has 216 valence electrons. The Hall–Kier alpha value is -3.91. The zero-order chi connectivity index (χ0) is 28.8. The van der Waals surface area contributed by atoms with Crippen molar-refractivity contribution in [3.05, 3.63) is 66.2 Å². The number of benzene rings is 2. The Morgan fingerprint density at radius 2 is 1.85 bits per heavy atom. The van der Waals surface area contributed by atoms with Crippen molar-refractivity contribution in [3.8, 4) is 17.2 Å². The SMILES string of the molecule is COc1cc(OC)c(CSCOC2CC(n3cnc4c(NC(=O)c5ccccc5)ncnc43)OC2CO)c(OC)c1. The fraction of sp³-hybridized carbons (Fsp3) is 0.357. The van der Waals surface area contributed by atoms with Gasteiger partial charge in [0.05, 0.1) is 46.3 Å². The van der Waals surface area contributed by atoms with Crippen LogP contribution in [0.2, 0.25) is 0 Å². The molecule has 1 fully saturated rings. The highest BCUT2D eigenvalue weighted by Crippen LogP contribution is 2.38. The number of nitrogens with zero attached hydrogens (tertiary/aromatic N) is 4. The van der Waals surface area contributed by atoms with Crippen LogP contribution in [0.15, 0.2) is 55.1 Å². The van der Waals surface area contributed by atoms with Gasteiger partial charge in [-0.05, 0) is 12.1 Å². The molecular formula is C28H31N5O7S. The molecule has 3 heterocycles. The lowest BCUT2D eigenvalue weighted by atomic mass is 10.2. The van der Waals surface area contributed by atoms with Gasteiger partial charge in [-0.1, -0.05) is 18.2 Å². The van der Waals surface area contributed by atoms with Gasteiger partial charge in [0.25, 0.3) is 5.91 Å². The second-order valence-corrected chi connectivity index (χ2v) is 10.0. The van der Waals surface area contributed by atoms with E-state index in [-0.39, 0.29) is 18.6 Å². The fourth-order valence-electron chi connectivity index (χ4n) is 4.63. The number of fused-ring (bicyclic) bond motifs is 1. The second-order valence-electron chi connectivity index (χ2n) is 9.10. The molecule has 4 aromatic rings. The highest BCUT2D eigenvalue weighted by molar-refractivity contribution is 7.98. The fourth-order valence-corrected chi connectivity index (χ4v) is 5.48. The van der Waals surface area contributed by atoms with Crippen LogP contribution in [0.1, 0.15) is 28.6 Å². The summed E-state index contributed by atoms with van der Waals surface area (Å²) in [5.41, 5.74) is 2.33.